The summed E-state index contributed by atoms with van der Waals surface area (Å²) in [7, 11) is 1.60. The Hall–Kier alpha value is -1.28. The molecule has 8 heteroatoms. The number of rotatable bonds is 8. The van der Waals surface area contributed by atoms with Crippen molar-refractivity contribution in [1.29, 1.82) is 0 Å². The van der Waals surface area contributed by atoms with Crippen molar-refractivity contribution in [3.8, 4) is 0 Å². The second kappa shape index (κ2) is 8.34. The highest BCUT2D eigenvalue weighted by atomic mass is 32.2. The smallest absolute Gasteiger partial charge is 0.244 e. The van der Waals surface area contributed by atoms with E-state index in [4.69, 9.17) is 0 Å². The van der Waals surface area contributed by atoms with Gasteiger partial charge in [-0.05, 0) is 39.0 Å². The Morgan fingerprint density at radius 1 is 1.27 bits per heavy atom. The first-order chi connectivity index (χ1) is 14.1. The fraction of sp³-hybridized carbons (Fsp3) is 0.864. The van der Waals surface area contributed by atoms with Crippen molar-refractivity contribution in [2.45, 2.75) is 87.9 Å². The number of carbonyl (C=O) groups is 3. The predicted octanol–water partition coefficient (Wildman–Crippen LogP) is 1.54. The molecule has 7 atom stereocenters. The highest BCUT2D eigenvalue weighted by molar-refractivity contribution is 8.02. The van der Waals surface area contributed by atoms with Crippen molar-refractivity contribution in [2.75, 3.05) is 13.7 Å². The summed E-state index contributed by atoms with van der Waals surface area (Å²) in [6.07, 6.45) is 3.35. The zero-order valence-corrected chi connectivity index (χ0v) is 19.8. The number of carbonyl (C=O) groups excluding carboxylic acids is 3. The van der Waals surface area contributed by atoms with Gasteiger partial charge in [0.05, 0.1) is 29.2 Å². The minimum Gasteiger partial charge on any atom is -0.394 e. The molecule has 30 heavy (non-hydrogen) atoms. The lowest BCUT2D eigenvalue weighted by molar-refractivity contribution is -0.144. The monoisotopic (exact) mass is 439 g/mol. The lowest BCUT2D eigenvalue weighted by Gasteiger charge is -2.39. The van der Waals surface area contributed by atoms with Crippen LogP contribution in [-0.2, 0) is 14.4 Å². The largest absolute Gasteiger partial charge is 0.394 e. The van der Waals surface area contributed by atoms with E-state index in [9.17, 15) is 19.5 Å². The Kier molecular flexibility index (Phi) is 6.50. The number of aliphatic hydroxyl groups excluding tert-OH is 1. The van der Waals surface area contributed by atoms with Gasteiger partial charge in [-0.2, -0.15) is 0 Å². The molecule has 3 aliphatic rings. The molecule has 2 bridgehead atoms. The molecule has 0 aliphatic carbocycles. The highest BCUT2D eigenvalue weighted by Gasteiger charge is 2.77. The molecule has 3 saturated heterocycles. The van der Waals surface area contributed by atoms with Crippen LogP contribution < -0.4 is 10.6 Å². The molecule has 170 valence electrons. The predicted molar refractivity (Wildman–Crippen MR) is 118 cm³/mol. The second-order valence-electron chi connectivity index (χ2n) is 9.78. The number of hydrogen-bond donors (Lipinski definition) is 3. The van der Waals surface area contributed by atoms with Gasteiger partial charge in [-0.1, -0.05) is 27.2 Å². The molecule has 0 saturated carbocycles. The molecule has 0 aromatic rings. The first kappa shape index (κ1) is 23.4. The van der Waals surface area contributed by atoms with Crippen LogP contribution in [0.1, 0.15) is 60.3 Å². The molecule has 3 N–H and O–H groups in total. The van der Waals surface area contributed by atoms with Gasteiger partial charge in [-0.3, -0.25) is 14.4 Å². The van der Waals surface area contributed by atoms with Crippen LogP contribution in [0.15, 0.2) is 0 Å². The summed E-state index contributed by atoms with van der Waals surface area (Å²) in [4.78, 5) is 41.9. The van der Waals surface area contributed by atoms with Crippen LogP contribution in [0.3, 0.4) is 0 Å². The fourth-order valence-electron chi connectivity index (χ4n) is 6.02. The third-order valence-corrected chi connectivity index (χ3v) is 9.40. The Balaban J connectivity index is 2.08. The number of likely N-dealkylation sites (tertiary alicyclic amines) is 1. The summed E-state index contributed by atoms with van der Waals surface area (Å²) in [5.74, 6) is -1.44. The van der Waals surface area contributed by atoms with Crippen molar-refractivity contribution in [3.05, 3.63) is 0 Å². The Morgan fingerprint density at radius 3 is 2.47 bits per heavy atom. The molecule has 3 rings (SSSR count). The van der Waals surface area contributed by atoms with Crippen molar-refractivity contribution in [1.82, 2.24) is 15.5 Å². The maximum absolute atomic E-state index is 13.8. The van der Waals surface area contributed by atoms with Crippen molar-refractivity contribution in [2.24, 2.45) is 17.8 Å². The summed E-state index contributed by atoms with van der Waals surface area (Å²) >= 11 is 1.66. The van der Waals surface area contributed by atoms with Gasteiger partial charge in [0.1, 0.15) is 6.04 Å². The summed E-state index contributed by atoms with van der Waals surface area (Å²) in [5, 5.41) is 16.0. The number of thioether (sulfide) groups is 1. The van der Waals surface area contributed by atoms with E-state index in [0.29, 0.717) is 0 Å². The van der Waals surface area contributed by atoms with Crippen LogP contribution in [0.25, 0.3) is 0 Å². The fourth-order valence-corrected chi connectivity index (χ4v) is 8.37. The second-order valence-corrected chi connectivity index (χ2v) is 11.7. The number of aliphatic hydroxyl groups is 1. The van der Waals surface area contributed by atoms with Gasteiger partial charge in [0.15, 0.2) is 0 Å². The zero-order chi connectivity index (χ0) is 22.4. The number of nitrogens with zero attached hydrogens (tertiary/aromatic N) is 1. The van der Waals surface area contributed by atoms with E-state index >= 15 is 0 Å². The average molecular weight is 440 g/mol. The first-order valence-corrected chi connectivity index (χ1v) is 12.0. The van der Waals surface area contributed by atoms with Crippen molar-refractivity contribution in [3.63, 3.8) is 0 Å². The van der Waals surface area contributed by atoms with Crippen LogP contribution in [0.2, 0.25) is 0 Å². The van der Waals surface area contributed by atoms with Crippen LogP contribution in [0.4, 0.5) is 0 Å². The zero-order valence-electron chi connectivity index (χ0n) is 19.0. The normalized spacial score (nSPS) is 36.7. The molecule has 3 heterocycles. The highest BCUT2D eigenvalue weighted by Crippen LogP contribution is 2.71. The third kappa shape index (κ3) is 3.34. The molecule has 7 nitrogen and oxygen atoms in total. The molecule has 3 unspecified atom stereocenters. The van der Waals surface area contributed by atoms with Gasteiger partial charge >= 0.3 is 0 Å². The molecule has 1 spiro atoms. The van der Waals surface area contributed by atoms with Gasteiger partial charge < -0.3 is 20.6 Å². The van der Waals surface area contributed by atoms with Crippen LogP contribution in [0, 0.1) is 17.8 Å². The maximum Gasteiger partial charge on any atom is 0.244 e. The molecular formula is C22H37N3O4S. The van der Waals surface area contributed by atoms with Gasteiger partial charge in [0, 0.05) is 17.8 Å². The molecule has 0 aromatic heterocycles. The van der Waals surface area contributed by atoms with E-state index in [1.165, 1.54) is 0 Å². The molecule has 0 aromatic carbocycles. The number of fused-ring (bicyclic) bond motifs is 1. The minimum absolute atomic E-state index is 0.00576. The van der Waals surface area contributed by atoms with Crippen LogP contribution in [-0.4, -0.2) is 69.0 Å². The topological polar surface area (TPSA) is 98.7 Å². The van der Waals surface area contributed by atoms with E-state index in [2.05, 4.69) is 24.5 Å². The lowest BCUT2D eigenvalue weighted by atomic mass is 9.66. The van der Waals surface area contributed by atoms with E-state index in [0.717, 1.165) is 25.7 Å². The standard InChI is InChI=1S/C22H37N3O4S/c1-7-8-13(4)24-19(28)17-22-10-9-21(5,30-22)15(18(27)23-6)16(22)20(29)25(17)14(11-26)12(2)3/h12-17,26H,7-11H2,1-6H3,(H,23,27)(H,24,28)/t13?,14-,15+,16-,17?,21-,22?/m0/s1. The molecular weight excluding hydrogens is 402 g/mol. The van der Waals surface area contributed by atoms with Gasteiger partial charge in [-0.15, -0.1) is 11.8 Å². The van der Waals surface area contributed by atoms with Crippen LogP contribution in [0.5, 0.6) is 0 Å². The van der Waals surface area contributed by atoms with Gasteiger partial charge in [0.2, 0.25) is 17.7 Å². The number of nitrogens with one attached hydrogen (secondary N) is 2. The summed E-state index contributed by atoms with van der Waals surface area (Å²) in [6.45, 7) is 9.83. The van der Waals surface area contributed by atoms with E-state index in [-0.39, 0.29) is 41.0 Å². The average Bonchev–Trinajstić information content (AvgIpc) is 3.23. The van der Waals surface area contributed by atoms with Crippen LogP contribution >= 0.6 is 11.8 Å². The number of hydrogen-bond acceptors (Lipinski definition) is 5. The van der Waals surface area contributed by atoms with E-state index in [1.54, 1.807) is 23.7 Å². The Bertz CT molecular complexity index is 716. The summed E-state index contributed by atoms with van der Waals surface area (Å²) in [5.41, 5.74) is 0. The minimum atomic E-state index is -0.671. The summed E-state index contributed by atoms with van der Waals surface area (Å²) < 4.78 is -0.978. The third-order valence-electron chi connectivity index (χ3n) is 7.42. The molecule has 3 aliphatic heterocycles. The first-order valence-electron chi connectivity index (χ1n) is 11.2. The molecule has 0 radical (unpaired) electrons. The van der Waals surface area contributed by atoms with E-state index in [1.807, 2.05) is 20.8 Å². The number of amides is 3. The maximum atomic E-state index is 13.8. The van der Waals surface area contributed by atoms with Gasteiger partial charge in [-0.25, -0.2) is 0 Å². The SMILES string of the molecule is CCCC(C)NC(=O)C1N([C@@H](CO)C(C)C)C(=O)[C@@H]2[C@H](C(=O)NC)[C@]3(C)CCC12S3. The molecule has 3 fully saturated rings. The lowest BCUT2D eigenvalue weighted by Crippen LogP contribution is -2.58. The Labute approximate surface area is 184 Å². The molecule has 3 amide bonds. The van der Waals surface area contributed by atoms with Gasteiger partial charge in [0.25, 0.3) is 0 Å². The van der Waals surface area contributed by atoms with E-state index < -0.39 is 28.7 Å². The summed E-state index contributed by atoms with van der Waals surface area (Å²) in [6, 6.07) is -1.11. The quantitative estimate of drug-likeness (QED) is 0.533. The Morgan fingerprint density at radius 2 is 1.93 bits per heavy atom. The van der Waals surface area contributed by atoms with Crippen molar-refractivity contribution < 1.29 is 19.5 Å². The van der Waals surface area contributed by atoms with Crippen molar-refractivity contribution >= 4 is 29.5 Å².